The average molecular weight is 545 g/mol. The summed E-state index contributed by atoms with van der Waals surface area (Å²) in [6.45, 7) is -2.55. The maximum atomic E-state index is 13.5. The van der Waals surface area contributed by atoms with Crippen LogP contribution in [0.2, 0.25) is 0 Å². The van der Waals surface area contributed by atoms with Crippen LogP contribution < -0.4 is 10.2 Å². The van der Waals surface area contributed by atoms with Crippen LogP contribution in [0.1, 0.15) is 64.6 Å². The van der Waals surface area contributed by atoms with Crippen molar-refractivity contribution in [2.24, 2.45) is 0 Å². The molecule has 1 N–H and O–H groups in total. The Labute approximate surface area is 210 Å². The molecule has 0 saturated carbocycles. The van der Waals surface area contributed by atoms with Gasteiger partial charge in [-0.3, -0.25) is 4.90 Å². The Morgan fingerprint density at radius 1 is 0.973 bits per heavy atom. The van der Waals surface area contributed by atoms with Crippen molar-refractivity contribution in [1.29, 1.82) is 0 Å². The second-order valence-electron chi connectivity index (χ2n) is 8.34. The van der Waals surface area contributed by atoms with E-state index in [-0.39, 0.29) is 30.2 Å². The molecule has 0 radical (unpaired) electrons. The third-order valence-corrected chi connectivity index (χ3v) is 5.93. The highest BCUT2D eigenvalue weighted by Crippen LogP contribution is 2.42. The summed E-state index contributed by atoms with van der Waals surface area (Å²) in [7, 11) is 0. The quantitative estimate of drug-likeness (QED) is 0.391. The van der Waals surface area contributed by atoms with Crippen LogP contribution in [0, 0.1) is 0 Å². The van der Waals surface area contributed by atoms with Crippen LogP contribution in [0.4, 0.5) is 50.0 Å². The number of hydrogen-bond donors (Lipinski definition) is 1. The largest absolute Gasteiger partial charge is 0.449 e. The minimum absolute atomic E-state index is 0.0368. The molecule has 2 aromatic rings. The van der Waals surface area contributed by atoms with Crippen molar-refractivity contribution in [2.75, 3.05) is 11.5 Å². The first-order chi connectivity index (χ1) is 18.2. The molecule has 37 heavy (non-hydrogen) atoms. The summed E-state index contributed by atoms with van der Waals surface area (Å²) in [5.74, 6) is 0. The van der Waals surface area contributed by atoms with Gasteiger partial charge in [0.05, 0.1) is 29.0 Å². The lowest BCUT2D eigenvalue weighted by molar-refractivity contribution is -0.143. The molecule has 1 aliphatic heterocycles. The number of alkyl halides is 9. The summed E-state index contributed by atoms with van der Waals surface area (Å²) in [4.78, 5) is 13.8. The number of nitrogens with zero attached hydrogens (tertiary/aromatic N) is 1. The van der Waals surface area contributed by atoms with E-state index in [0.717, 1.165) is 17.0 Å². The summed E-state index contributed by atoms with van der Waals surface area (Å²) in [6.07, 6.45) is -16.0. The maximum Gasteiger partial charge on any atom is 0.416 e. The molecule has 0 unspecified atom stereocenters. The van der Waals surface area contributed by atoms with Crippen molar-refractivity contribution in [3.05, 3.63) is 64.2 Å². The van der Waals surface area contributed by atoms with Crippen LogP contribution in [0.15, 0.2) is 36.4 Å². The zero-order chi connectivity index (χ0) is 30.3. The fourth-order valence-electron chi connectivity index (χ4n) is 4.21. The molecule has 1 amide bonds. The fourth-order valence-corrected chi connectivity index (χ4v) is 4.21. The van der Waals surface area contributed by atoms with Gasteiger partial charge in [0, 0.05) is 22.7 Å². The highest BCUT2D eigenvalue weighted by atomic mass is 19.4. The number of amides is 1. The first-order valence-electron chi connectivity index (χ1n) is 12.4. The number of nitrogens with one attached hydrogen (secondary N) is 1. The third-order valence-electron chi connectivity index (χ3n) is 5.93. The van der Waals surface area contributed by atoms with Gasteiger partial charge in [-0.1, -0.05) is 6.92 Å². The summed E-state index contributed by atoms with van der Waals surface area (Å²) < 4.78 is 147. The molecule has 2 aromatic carbocycles. The van der Waals surface area contributed by atoms with Gasteiger partial charge in [-0.25, -0.2) is 4.79 Å². The monoisotopic (exact) mass is 545 g/mol. The molecular formula is C24H23F9N2O2. The van der Waals surface area contributed by atoms with E-state index in [0.29, 0.717) is 18.2 Å². The van der Waals surface area contributed by atoms with E-state index in [1.54, 1.807) is 6.92 Å². The zero-order valence-corrected chi connectivity index (χ0v) is 19.1. The molecular weight excluding hydrogens is 519 g/mol. The Hall–Kier alpha value is -2.96. The van der Waals surface area contributed by atoms with Gasteiger partial charge in [0.15, 0.2) is 0 Å². The normalized spacial score (nSPS) is 20.1. The Bertz CT molecular complexity index is 1200. The first kappa shape index (κ1) is 24.4. The van der Waals surface area contributed by atoms with E-state index in [9.17, 15) is 44.3 Å². The maximum absolute atomic E-state index is 13.5. The minimum atomic E-state index is -5.09. The van der Waals surface area contributed by atoms with Crippen LogP contribution in [-0.2, 0) is 29.8 Å². The Morgan fingerprint density at radius 3 is 2.08 bits per heavy atom. The highest BCUT2D eigenvalue weighted by Gasteiger charge is 2.40. The van der Waals surface area contributed by atoms with Crippen LogP contribution >= 0.6 is 0 Å². The van der Waals surface area contributed by atoms with Crippen molar-refractivity contribution < 1.29 is 53.2 Å². The fraction of sp³-hybridized carbons (Fsp3) is 0.458. The van der Waals surface area contributed by atoms with Crippen molar-refractivity contribution >= 4 is 11.8 Å². The summed E-state index contributed by atoms with van der Waals surface area (Å²) in [6, 6.07) is 1.59. The standard InChI is InChI=1S/C24H23F9N2O2/c1-3-17-11-19(34-12-13-7-15(23(28,29)30)9-16(8-13)24(31,32)33)18-10-14(22(25,26)27)5-6-20(18)35(17)21(36)37-4-2/h5-10,17,19,34H,3-4,11-12H2,1-2H3/t17-,19+/m1/s1/i2D3. The lowest BCUT2D eigenvalue weighted by Crippen LogP contribution is -2.47. The lowest BCUT2D eigenvalue weighted by atomic mass is 9.88. The van der Waals surface area contributed by atoms with E-state index in [4.69, 9.17) is 8.85 Å². The van der Waals surface area contributed by atoms with Crippen molar-refractivity contribution in [1.82, 2.24) is 5.32 Å². The van der Waals surface area contributed by atoms with Crippen LogP contribution in [0.5, 0.6) is 0 Å². The van der Waals surface area contributed by atoms with Gasteiger partial charge in [0.2, 0.25) is 0 Å². The smallest absolute Gasteiger partial charge is 0.416 e. The molecule has 1 heterocycles. The van der Waals surface area contributed by atoms with Gasteiger partial charge in [-0.15, -0.1) is 0 Å². The molecule has 0 bridgehead atoms. The molecule has 13 heteroatoms. The summed E-state index contributed by atoms with van der Waals surface area (Å²) >= 11 is 0. The number of fused-ring (bicyclic) bond motifs is 1. The number of carbonyl (C=O) groups excluding carboxylic acids is 1. The molecule has 4 nitrogen and oxygen atoms in total. The van der Waals surface area contributed by atoms with E-state index in [1.165, 1.54) is 0 Å². The third kappa shape index (κ3) is 6.49. The minimum Gasteiger partial charge on any atom is -0.449 e. The molecule has 0 aromatic heterocycles. The van der Waals surface area contributed by atoms with E-state index < -0.39 is 79.0 Å². The number of hydrogen-bond acceptors (Lipinski definition) is 3. The number of halogens is 9. The molecule has 3 rings (SSSR count). The number of benzene rings is 2. The van der Waals surface area contributed by atoms with Gasteiger partial charge < -0.3 is 10.1 Å². The number of anilines is 1. The Balaban J connectivity index is 2.01. The molecule has 0 fully saturated rings. The van der Waals surface area contributed by atoms with E-state index >= 15 is 0 Å². The topological polar surface area (TPSA) is 41.6 Å². The molecule has 0 aliphatic carbocycles. The average Bonchev–Trinajstić information content (AvgIpc) is 2.82. The molecule has 2 atom stereocenters. The number of ether oxygens (including phenoxy) is 1. The highest BCUT2D eigenvalue weighted by molar-refractivity contribution is 5.90. The van der Waals surface area contributed by atoms with Gasteiger partial charge in [-0.05, 0) is 67.2 Å². The van der Waals surface area contributed by atoms with Crippen LogP contribution in [0.3, 0.4) is 0 Å². The second-order valence-corrected chi connectivity index (χ2v) is 8.34. The van der Waals surface area contributed by atoms with Gasteiger partial charge in [-0.2, -0.15) is 39.5 Å². The van der Waals surface area contributed by atoms with Crippen molar-refractivity contribution in [3.63, 3.8) is 0 Å². The number of carbonyl (C=O) groups is 1. The van der Waals surface area contributed by atoms with E-state index in [2.05, 4.69) is 5.32 Å². The lowest BCUT2D eigenvalue weighted by Gasteiger charge is -2.40. The predicted octanol–water partition coefficient (Wildman–Crippen LogP) is 7.72. The Morgan fingerprint density at radius 2 is 1.57 bits per heavy atom. The van der Waals surface area contributed by atoms with Gasteiger partial charge in [0.1, 0.15) is 0 Å². The second kappa shape index (κ2) is 10.4. The summed E-state index contributed by atoms with van der Waals surface area (Å²) in [5.41, 5.74) is -4.80. The SMILES string of the molecule is [2H]C([2H])([2H])COC(=O)N1c2ccc(C(F)(F)F)cc2[C@@H](NCc2cc(C(F)(F)F)cc(C(F)(F)F)c2)C[C@H]1CC. The van der Waals surface area contributed by atoms with E-state index in [1.807, 2.05) is 0 Å². The van der Waals surface area contributed by atoms with Crippen molar-refractivity contribution in [2.45, 2.75) is 63.8 Å². The van der Waals surface area contributed by atoms with Gasteiger partial charge >= 0.3 is 24.6 Å². The predicted molar refractivity (Wildman–Crippen MR) is 116 cm³/mol. The van der Waals surface area contributed by atoms with Gasteiger partial charge in [0.25, 0.3) is 0 Å². The summed E-state index contributed by atoms with van der Waals surface area (Å²) in [5, 5.41) is 2.74. The molecule has 1 aliphatic rings. The van der Waals surface area contributed by atoms with Crippen LogP contribution in [0.25, 0.3) is 0 Å². The Kier molecular flexibility index (Phi) is 6.87. The molecule has 0 spiro atoms. The number of rotatable bonds is 5. The molecule has 204 valence electrons. The van der Waals surface area contributed by atoms with Crippen LogP contribution in [-0.4, -0.2) is 18.7 Å². The molecule has 0 saturated heterocycles. The zero-order valence-electron chi connectivity index (χ0n) is 22.1. The van der Waals surface area contributed by atoms with Crippen molar-refractivity contribution in [3.8, 4) is 0 Å². The first-order valence-corrected chi connectivity index (χ1v) is 10.9.